The molecule has 2 atom stereocenters. The van der Waals surface area contributed by atoms with Crippen LogP contribution in [-0.4, -0.2) is 28.0 Å². The van der Waals surface area contributed by atoms with Gasteiger partial charge >= 0.3 is 5.97 Å². The van der Waals surface area contributed by atoms with Gasteiger partial charge in [-0.2, -0.15) is 12.6 Å². The van der Waals surface area contributed by atoms with Crippen molar-refractivity contribution in [1.82, 2.24) is 0 Å². The lowest BCUT2D eigenvalue weighted by molar-refractivity contribution is -0.177. The topological polar surface area (TPSA) is 46.5 Å². The Morgan fingerprint density at radius 2 is 2.14 bits per heavy atom. The van der Waals surface area contributed by atoms with Crippen LogP contribution in [0.5, 0.6) is 0 Å². The second kappa shape index (κ2) is 6.20. The Balaban J connectivity index is 2.27. The molecule has 0 spiro atoms. The average molecular weight is 327 g/mol. The van der Waals surface area contributed by atoms with Crippen molar-refractivity contribution in [2.24, 2.45) is 11.3 Å². The maximum absolute atomic E-state index is 12.0. The summed E-state index contributed by atoms with van der Waals surface area (Å²) in [6.45, 7) is 7.79. The first-order valence-corrected chi connectivity index (χ1v) is 8.99. The van der Waals surface area contributed by atoms with Crippen LogP contribution in [0.15, 0.2) is 11.6 Å². The molecule has 2 unspecified atom stereocenters. The molecule has 126 valence electrons. The first-order valence-electron chi connectivity index (χ1n) is 8.36. The number of carbonyl (C=O) groups is 1. The first-order chi connectivity index (χ1) is 10.1. The summed E-state index contributed by atoms with van der Waals surface area (Å²) in [4.78, 5) is 12.0. The number of esters is 1. The molecule has 0 aromatic heterocycles. The molecule has 4 heteroatoms. The van der Waals surface area contributed by atoms with Crippen LogP contribution in [0.3, 0.4) is 0 Å². The van der Waals surface area contributed by atoms with E-state index in [1.807, 2.05) is 27.7 Å². The number of fused-ring (bicyclic) bond motifs is 2. The summed E-state index contributed by atoms with van der Waals surface area (Å²) < 4.78 is 5.86. The summed E-state index contributed by atoms with van der Waals surface area (Å²) in [6, 6.07) is 0. The minimum atomic E-state index is -0.799. The zero-order valence-corrected chi connectivity index (χ0v) is 15.2. The number of carbonyl (C=O) groups excluding carboxylic acids is 1. The van der Waals surface area contributed by atoms with Gasteiger partial charge < -0.3 is 9.84 Å². The van der Waals surface area contributed by atoms with E-state index in [4.69, 9.17) is 4.74 Å². The van der Waals surface area contributed by atoms with Gasteiger partial charge in [0.15, 0.2) is 0 Å². The van der Waals surface area contributed by atoms with Crippen molar-refractivity contribution < 1.29 is 14.6 Å². The predicted octanol–water partition coefficient (Wildman–Crippen LogP) is 3.91. The Bertz CT molecular complexity index is 461. The highest BCUT2D eigenvalue weighted by molar-refractivity contribution is 7.80. The summed E-state index contributed by atoms with van der Waals surface area (Å²) in [5.41, 5.74) is -0.281. The molecule has 2 rings (SSSR count). The quantitative estimate of drug-likeness (QED) is 0.457. The Hall–Kier alpha value is -0.480. The van der Waals surface area contributed by atoms with E-state index in [-0.39, 0.29) is 11.4 Å². The fourth-order valence-electron chi connectivity index (χ4n) is 4.13. The Morgan fingerprint density at radius 1 is 1.45 bits per heavy atom. The third-order valence-electron chi connectivity index (χ3n) is 5.60. The molecule has 0 saturated heterocycles. The van der Waals surface area contributed by atoms with E-state index >= 15 is 0 Å². The molecule has 0 radical (unpaired) electrons. The van der Waals surface area contributed by atoms with Crippen molar-refractivity contribution in [3.05, 3.63) is 11.6 Å². The number of thiol groups is 1. The van der Waals surface area contributed by atoms with Gasteiger partial charge in [0.2, 0.25) is 0 Å². The molecule has 1 fully saturated rings. The van der Waals surface area contributed by atoms with Crippen molar-refractivity contribution in [2.75, 3.05) is 5.75 Å². The van der Waals surface area contributed by atoms with Crippen molar-refractivity contribution in [2.45, 2.75) is 77.4 Å². The van der Waals surface area contributed by atoms with Crippen LogP contribution in [0.4, 0.5) is 0 Å². The summed E-state index contributed by atoms with van der Waals surface area (Å²) >= 11 is 4.11. The molecular weight excluding hydrogens is 296 g/mol. The number of allylic oxidation sites excluding steroid dienone is 1. The van der Waals surface area contributed by atoms with Crippen LogP contribution < -0.4 is 0 Å². The Morgan fingerprint density at radius 3 is 2.73 bits per heavy atom. The SMILES string of the molecule is CC(C)(O)C1=CC2CCCC(C(C)(C)OC(=O)CCS)(C1)C2. The monoisotopic (exact) mass is 326 g/mol. The molecule has 1 N–H and O–H groups in total. The van der Waals surface area contributed by atoms with Crippen molar-refractivity contribution >= 4 is 18.6 Å². The molecule has 22 heavy (non-hydrogen) atoms. The van der Waals surface area contributed by atoms with E-state index < -0.39 is 11.2 Å². The van der Waals surface area contributed by atoms with E-state index in [2.05, 4.69) is 18.7 Å². The Labute approximate surface area is 139 Å². The molecular formula is C18H30O3S. The van der Waals surface area contributed by atoms with Gasteiger partial charge in [-0.3, -0.25) is 4.79 Å². The van der Waals surface area contributed by atoms with Crippen molar-refractivity contribution in [3.8, 4) is 0 Å². The predicted molar refractivity (Wildman–Crippen MR) is 92.0 cm³/mol. The van der Waals surface area contributed by atoms with Gasteiger partial charge in [0.1, 0.15) is 5.60 Å². The normalized spacial score (nSPS) is 29.0. The number of ether oxygens (including phenoxy) is 1. The van der Waals surface area contributed by atoms with Gasteiger partial charge in [0.25, 0.3) is 0 Å². The highest BCUT2D eigenvalue weighted by Gasteiger charge is 2.53. The zero-order chi connectivity index (χ0) is 16.6. The maximum atomic E-state index is 12.0. The molecule has 2 aliphatic carbocycles. The molecule has 0 heterocycles. The molecule has 2 aliphatic rings. The van der Waals surface area contributed by atoms with Crippen LogP contribution in [0, 0.1) is 11.3 Å². The van der Waals surface area contributed by atoms with Crippen LogP contribution in [-0.2, 0) is 9.53 Å². The van der Waals surface area contributed by atoms with Gasteiger partial charge in [0, 0.05) is 11.2 Å². The first kappa shape index (κ1) is 17.9. The van der Waals surface area contributed by atoms with E-state index in [0.717, 1.165) is 31.3 Å². The zero-order valence-electron chi connectivity index (χ0n) is 14.3. The minimum absolute atomic E-state index is 0.0632. The smallest absolute Gasteiger partial charge is 0.307 e. The molecule has 1 saturated carbocycles. The number of aliphatic hydroxyl groups is 1. The third-order valence-corrected chi connectivity index (χ3v) is 5.82. The summed E-state index contributed by atoms with van der Waals surface area (Å²) in [5.74, 6) is 0.835. The van der Waals surface area contributed by atoms with Gasteiger partial charge in [-0.25, -0.2) is 0 Å². The van der Waals surface area contributed by atoms with E-state index in [0.29, 0.717) is 18.1 Å². The number of hydrogen-bond donors (Lipinski definition) is 2. The van der Waals surface area contributed by atoms with E-state index in [1.54, 1.807) is 0 Å². The lowest BCUT2D eigenvalue weighted by Crippen LogP contribution is -2.52. The lowest BCUT2D eigenvalue weighted by atomic mass is 9.55. The number of rotatable bonds is 5. The highest BCUT2D eigenvalue weighted by atomic mass is 32.1. The van der Waals surface area contributed by atoms with Crippen LogP contribution in [0.2, 0.25) is 0 Å². The van der Waals surface area contributed by atoms with Crippen molar-refractivity contribution in [3.63, 3.8) is 0 Å². The summed E-state index contributed by atoms with van der Waals surface area (Å²) in [7, 11) is 0. The average Bonchev–Trinajstić information content (AvgIpc) is 2.36. The molecule has 3 nitrogen and oxygen atoms in total. The maximum Gasteiger partial charge on any atom is 0.307 e. The Kier molecular flexibility index (Phi) is 5.03. The molecule has 2 bridgehead atoms. The summed E-state index contributed by atoms with van der Waals surface area (Å²) in [6.07, 6.45) is 7.86. The van der Waals surface area contributed by atoms with Crippen LogP contribution in [0.25, 0.3) is 0 Å². The molecule has 0 aliphatic heterocycles. The fraction of sp³-hybridized carbons (Fsp3) is 0.833. The standard InChI is InChI=1S/C18H30O3S/c1-16(2,20)14-10-13-6-5-8-18(11-13,12-14)17(3,4)21-15(19)7-9-22/h10,13,20,22H,5-9,11-12H2,1-4H3. The van der Waals surface area contributed by atoms with Crippen LogP contribution in [0.1, 0.15) is 66.2 Å². The van der Waals surface area contributed by atoms with E-state index in [9.17, 15) is 9.90 Å². The summed E-state index contributed by atoms with van der Waals surface area (Å²) in [5, 5.41) is 10.5. The van der Waals surface area contributed by atoms with Crippen molar-refractivity contribution in [1.29, 1.82) is 0 Å². The molecule has 0 aromatic carbocycles. The van der Waals surface area contributed by atoms with Crippen LogP contribution >= 0.6 is 12.6 Å². The second-order valence-electron chi connectivity index (χ2n) is 8.02. The fourth-order valence-corrected chi connectivity index (χ4v) is 4.32. The largest absolute Gasteiger partial charge is 0.459 e. The minimum Gasteiger partial charge on any atom is -0.459 e. The second-order valence-corrected chi connectivity index (χ2v) is 8.47. The molecule has 0 amide bonds. The number of hydrogen-bond acceptors (Lipinski definition) is 4. The van der Waals surface area contributed by atoms with E-state index in [1.165, 1.54) is 6.42 Å². The van der Waals surface area contributed by atoms with Gasteiger partial charge in [-0.1, -0.05) is 12.5 Å². The lowest BCUT2D eigenvalue weighted by Gasteiger charge is -2.54. The highest BCUT2D eigenvalue weighted by Crippen LogP contribution is 2.56. The molecule has 0 aromatic rings. The third kappa shape index (κ3) is 3.53. The van der Waals surface area contributed by atoms with Gasteiger partial charge in [-0.15, -0.1) is 0 Å². The van der Waals surface area contributed by atoms with Gasteiger partial charge in [0.05, 0.1) is 12.0 Å². The van der Waals surface area contributed by atoms with Gasteiger partial charge in [-0.05, 0) is 64.9 Å².